The van der Waals surface area contributed by atoms with Gasteiger partial charge in [-0.05, 0) is 35.9 Å². The number of para-hydroxylation sites is 1. The molecule has 0 bridgehead atoms. The van der Waals surface area contributed by atoms with Crippen LogP contribution >= 0.6 is 0 Å². The van der Waals surface area contributed by atoms with Crippen molar-refractivity contribution in [3.8, 4) is 11.4 Å². The van der Waals surface area contributed by atoms with Crippen molar-refractivity contribution in [2.24, 2.45) is 0 Å². The molecule has 1 heterocycles. The fraction of sp³-hybridized carbons (Fsp3) is 0.0556. The highest BCUT2D eigenvalue weighted by atomic mass is 16.5. The van der Waals surface area contributed by atoms with Crippen molar-refractivity contribution >= 4 is 12.2 Å². The molecule has 120 valence electrons. The van der Waals surface area contributed by atoms with E-state index in [0.29, 0.717) is 5.69 Å². The number of ether oxygens (including phenoxy) is 1. The maximum Gasteiger partial charge on any atom is 0.349 e. The van der Waals surface area contributed by atoms with Gasteiger partial charge in [0.05, 0.1) is 12.8 Å². The molecule has 0 aliphatic heterocycles. The van der Waals surface area contributed by atoms with Crippen LogP contribution in [0.4, 0.5) is 0 Å². The number of methoxy groups -OCH3 is 1. The summed E-state index contributed by atoms with van der Waals surface area (Å²) in [6.07, 6.45) is 3.32. The molecule has 0 amide bonds. The van der Waals surface area contributed by atoms with Gasteiger partial charge in [-0.25, -0.2) is 14.5 Å². The molecule has 6 heteroatoms. The Morgan fingerprint density at radius 3 is 2.38 bits per heavy atom. The van der Waals surface area contributed by atoms with Crippen molar-refractivity contribution in [1.82, 2.24) is 14.8 Å². The molecule has 0 radical (unpaired) electrons. The van der Waals surface area contributed by atoms with Gasteiger partial charge in [-0.15, -0.1) is 0 Å². The first kappa shape index (κ1) is 15.5. The van der Waals surface area contributed by atoms with Gasteiger partial charge in [0.25, 0.3) is 5.56 Å². The van der Waals surface area contributed by atoms with Crippen LogP contribution in [0.15, 0.2) is 64.2 Å². The van der Waals surface area contributed by atoms with Crippen molar-refractivity contribution in [3.63, 3.8) is 0 Å². The van der Waals surface area contributed by atoms with Crippen molar-refractivity contribution in [1.29, 1.82) is 0 Å². The maximum absolute atomic E-state index is 12.5. The van der Waals surface area contributed by atoms with Crippen LogP contribution in [0.3, 0.4) is 0 Å². The lowest BCUT2D eigenvalue weighted by atomic mass is 10.2. The lowest BCUT2D eigenvalue weighted by Gasteiger charge is -2.04. The molecule has 3 aromatic rings. The number of nitrogens with zero attached hydrogens (tertiary/aromatic N) is 2. The normalized spacial score (nSPS) is 10.9. The first-order chi connectivity index (χ1) is 11.7. The first-order valence-electron chi connectivity index (χ1n) is 7.28. The third-order valence-corrected chi connectivity index (χ3v) is 3.46. The maximum atomic E-state index is 12.5. The number of benzene rings is 2. The molecule has 24 heavy (non-hydrogen) atoms. The fourth-order valence-corrected chi connectivity index (χ4v) is 2.22. The molecule has 1 aromatic heterocycles. The number of H-pyrrole nitrogens is 1. The van der Waals surface area contributed by atoms with Gasteiger partial charge in [-0.1, -0.05) is 36.4 Å². The number of hydrogen-bond donors (Lipinski definition) is 1. The summed E-state index contributed by atoms with van der Waals surface area (Å²) in [5.41, 5.74) is 0.469. The van der Waals surface area contributed by atoms with Crippen molar-refractivity contribution in [2.75, 3.05) is 7.11 Å². The van der Waals surface area contributed by atoms with Crippen LogP contribution in [0.5, 0.6) is 5.75 Å². The Labute approximate surface area is 137 Å². The minimum atomic E-state index is -0.576. The largest absolute Gasteiger partial charge is 0.497 e. The third-order valence-electron chi connectivity index (χ3n) is 3.46. The zero-order chi connectivity index (χ0) is 16.9. The standard InChI is InChI=1S/C18H15N3O3/c1-24-15-10-7-13(8-11-15)9-12-16-17(22)21(18(23)20-19-16)14-5-3-2-4-6-14/h2-12H,1H3,(H,20,23)/b12-9+. The summed E-state index contributed by atoms with van der Waals surface area (Å²) in [6, 6.07) is 16.1. The Morgan fingerprint density at radius 1 is 1.00 bits per heavy atom. The first-order valence-corrected chi connectivity index (χ1v) is 7.28. The Kier molecular flexibility index (Phi) is 4.38. The lowest BCUT2D eigenvalue weighted by Crippen LogP contribution is -2.36. The quantitative estimate of drug-likeness (QED) is 0.798. The molecule has 0 saturated heterocycles. The summed E-state index contributed by atoms with van der Waals surface area (Å²) in [4.78, 5) is 24.5. The number of hydrogen-bond acceptors (Lipinski definition) is 4. The number of aromatic amines is 1. The second kappa shape index (κ2) is 6.78. The Hall–Kier alpha value is -3.41. The topological polar surface area (TPSA) is 77.0 Å². The van der Waals surface area contributed by atoms with Crippen LogP contribution in [-0.2, 0) is 0 Å². The van der Waals surface area contributed by atoms with E-state index >= 15 is 0 Å². The van der Waals surface area contributed by atoms with Gasteiger partial charge in [0.15, 0.2) is 0 Å². The molecule has 0 saturated carbocycles. The van der Waals surface area contributed by atoms with Gasteiger partial charge in [0.2, 0.25) is 0 Å². The van der Waals surface area contributed by atoms with Gasteiger partial charge in [0, 0.05) is 0 Å². The van der Waals surface area contributed by atoms with E-state index in [9.17, 15) is 9.59 Å². The van der Waals surface area contributed by atoms with Crippen LogP contribution in [-0.4, -0.2) is 21.9 Å². The summed E-state index contributed by atoms with van der Waals surface area (Å²) in [7, 11) is 1.60. The summed E-state index contributed by atoms with van der Waals surface area (Å²) in [5, 5.41) is 6.18. The lowest BCUT2D eigenvalue weighted by molar-refractivity contribution is 0.415. The van der Waals surface area contributed by atoms with Crippen molar-refractivity contribution in [2.45, 2.75) is 0 Å². The highest BCUT2D eigenvalue weighted by Crippen LogP contribution is 2.12. The van der Waals surface area contributed by atoms with Gasteiger partial charge in [-0.3, -0.25) is 4.79 Å². The molecule has 3 rings (SSSR count). The van der Waals surface area contributed by atoms with Crippen LogP contribution in [0.2, 0.25) is 0 Å². The molecule has 0 spiro atoms. The Morgan fingerprint density at radius 2 is 1.71 bits per heavy atom. The van der Waals surface area contributed by atoms with E-state index in [0.717, 1.165) is 15.9 Å². The molecule has 0 aliphatic carbocycles. The highest BCUT2D eigenvalue weighted by molar-refractivity contribution is 5.67. The average Bonchev–Trinajstić information content (AvgIpc) is 2.62. The summed E-state index contributed by atoms with van der Waals surface area (Å²) in [5.74, 6) is 0.751. The average molecular weight is 321 g/mol. The monoisotopic (exact) mass is 321 g/mol. The minimum Gasteiger partial charge on any atom is -0.497 e. The fourth-order valence-electron chi connectivity index (χ4n) is 2.22. The molecule has 1 N–H and O–H groups in total. The third kappa shape index (κ3) is 3.17. The molecule has 0 atom stereocenters. The second-order valence-electron chi connectivity index (χ2n) is 5.00. The number of rotatable bonds is 4. The zero-order valence-corrected chi connectivity index (χ0v) is 13.0. The van der Waals surface area contributed by atoms with Crippen molar-refractivity contribution in [3.05, 3.63) is 86.7 Å². The smallest absolute Gasteiger partial charge is 0.349 e. The predicted octanol–water partition coefficient (Wildman–Crippen LogP) is 2.10. The number of nitrogens with one attached hydrogen (secondary N) is 1. The van der Waals surface area contributed by atoms with E-state index in [2.05, 4.69) is 10.2 Å². The SMILES string of the molecule is COc1ccc(/C=C/c2n[nH]c(=O)n(-c3ccccc3)c2=O)cc1. The molecule has 0 unspecified atom stereocenters. The Bertz CT molecular complexity index is 971. The van der Waals surface area contributed by atoms with Gasteiger partial charge >= 0.3 is 5.69 Å². The van der Waals surface area contributed by atoms with E-state index in [4.69, 9.17) is 4.74 Å². The highest BCUT2D eigenvalue weighted by Gasteiger charge is 2.08. The Balaban J connectivity index is 1.99. The molecular weight excluding hydrogens is 306 g/mol. The zero-order valence-electron chi connectivity index (χ0n) is 13.0. The van der Waals surface area contributed by atoms with E-state index in [-0.39, 0.29) is 5.69 Å². The van der Waals surface area contributed by atoms with Crippen LogP contribution in [0, 0.1) is 0 Å². The summed E-state index contributed by atoms with van der Waals surface area (Å²) in [6.45, 7) is 0. The van der Waals surface area contributed by atoms with E-state index in [1.54, 1.807) is 43.5 Å². The summed E-state index contributed by atoms with van der Waals surface area (Å²) >= 11 is 0. The predicted molar refractivity (Wildman–Crippen MR) is 92.4 cm³/mol. The van der Waals surface area contributed by atoms with Crippen LogP contribution < -0.4 is 16.0 Å². The van der Waals surface area contributed by atoms with Crippen LogP contribution in [0.1, 0.15) is 11.3 Å². The van der Waals surface area contributed by atoms with E-state index in [1.807, 2.05) is 30.3 Å². The molecule has 0 aliphatic rings. The molecule has 0 fully saturated rings. The van der Waals surface area contributed by atoms with E-state index < -0.39 is 11.2 Å². The number of aromatic nitrogens is 3. The molecule has 2 aromatic carbocycles. The van der Waals surface area contributed by atoms with Crippen LogP contribution in [0.25, 0.3) is 17.8 Å². The van der Waals surface area contributed by atoms with E-state index in [1.165, 1.54) is 0 Å². The minimum absolute atomic E-state index is 0.147. The molecule has 6 nitrogen and oxygen atoms in total. The summed E-state index contributed by atoms with van der Waals surface area (Å²) < 4.78 is 6.16. The van der Waals surface area contributed by atoms with Gasteiger partial charge < -0.3 is 4.74 Å². The second-order valence-corrected chi connectivity index (χ2v) is 5.00. The molecular formula is C18H15N3O3. The van der Waals surface area contributed by atoms with Gasteiger partial charge in [0.1, 0.15) is 11.4 Å². The van der Waals surface area contributed by atoms with Crippen molar-refractivity contribution < 1.29 is 4.74 Å². The van der Waals surface area contributed by atoms with Gasteiger partial charge in [-0.2, -0.15) is 5.10 Å².